The highest BCUT2D eigenvalue weighted by Crippen LogP contribution is 2.40. The minimum atomic E-state index is 0.0385. The molecule has 2 aromatic heterocycles. The minimum Gasteiger partial charge on any atom is -0.494 e. The summed E-state index contributed by atoms with van der Waals surface area (Å²) >= 11 is 0. The topological polar surface area (TPSA) is 78.3 Å². The predicted octanol–water partition coefficient (Wildman–Crippen LogP) is 5.52. The van der Waals surface area contributed by atoms with Gasteiger partial charge >= 0.3 is 0 Å². The number of rotatable bonds is 8. The molecule has 2 bridgehead atoms. The number of aryl methyl sites for hydroxylation is 2. The highest BCUT2D eigenvalue weighted by atomic mass is 16.5. The number of nitrogens with zero attached hydrogens (tertiary/aromatic N) is 4. The quantitative estimate of drug-likeness (QED) is 0.321. The number of nitrogens with two attached hydrogens (primary N) is 1. The van der Waals surface area contributed by atoms with Gasteiger partial charge < -0.3 is 24.5 Å². The van der Waals surface area contributed by atoms with E-state index < -0.39 is 0 Å². The zero-order chi connectivity index (χ0) is 27.1. The molecule has 0 radical (unpaired) electrons. The van der Waals surface area contributed by atoms with Crippen molar-refractivity contribution >= 4 is 27.8 Å². The lowest BCUT2D eigenvalue weighted by atomic mass is 10.1. The molecule has 3 saturated carbocycles. The van der Waals surface area contributed by atoms with Crippen LogP contribution in [0, 0.1) is 17.8 Å². The van der Waals surface area contributed by atoms with Crippen LogP contribution in [0.1, 0.15) is 60.9 Å². The van der Waals surface area contributed by atoms with Crippen LogP contribution in [0.2, 0.25) is 0 Å². The van der Waals surface area contributed by atoms with Crippen molar-refractivity contribution in [2.75, 3.05) is 13.7 Å². The molecule has 40 heavy (non-hydrogen) atoms. The van der Waals surface area contributed by atoms with Gasteiger partial charge in [-0.05, 0) is 92.2 Å². The maximum absolute atomic E-state index is 13.7. The molecule has 7 nitrogen and oxygen atoms in total. The van der Waals surface area contributed by atoms with Crippen molar-refractivity contribution in [3.63, 3.8) is 0 Å². The minimum absolute atomic E-state index is 0.0385. The molecular formula is C33H39N5O2. The summed E-state index contributed by atoms with van der Waals surface area (Å²) in [7, 11) is 3.74. The van der Waals surface area contributed by atoms with Gasteiger partial charge in [-0.15, -0.1) is 0 Å². The Morgan fingerprint density at radius 2 is 1.88 bits per heavy atom. The van der Waals surface area contributed by atoms with Gasteiger partial charge in [0.25, 0.3) is 5.91 Å². The van der Waals surface area contributed by atoms with E-state index in [2.05, 4.69) is 40.4 Å². The van der Waals surface area contributed by atoms with Crippen molar-refractivity contribution in [2.24, 2.45) is 30.5 Å². The van der Waals surface area contributed by atoms with Gasteiger partial charge in [0, 0.05) is 48.7 Å². The Hall–Kier alpha value is -3.32. The molecular weight excluding hydrogens is 498 g/mol. The molecule has 3 atom stereocenters. The van der Waals surface area contributed by atoms with E-state index in [9.17, 15) is 4.79 Å². The number of piperidine rings is 1. The predicted molar refractivity (Wildman–Crippen MR) is 157 cm³/mol. The van der Waals surface area contributed by atoms with Crippen LogP contribution in [-0.2, 0) is 20.0 Å². The number of carbonyl (C=O) groups is 1. The van der Waals surface area contributed by atoms with Gasteiger partial charge in [0.15, 0.2) is 5.82 Å². The molecule has 4 fully saturated rings. The van der Waals surface area contributed by atoms with Crippen LogP contribution in [0.15, 0.2) is 36.4 Å². The molecule has 208 valence electrons. The summed E-state index contributed by atoms with van der Waals surface area (Å²) in [4.78, 5) is 20.8. The zero-order valence-electron chi connectivity index (χ0n) is 23.6. The molecule has 8 rings (SSSR count). The van der Waals surface area contributed by atoms with Gasteiger partial charge in [-0.3, -0.25) is 4.79 Å². The summed E-state index contributed by atoms with van der Waals surface area (Å²) in [6.07, 6.45) is 9.98. The first-order valence-corrected chi connectivity index (χ1v) is 15.2. The first kappa shape index (κ1) is 24.5. The summed E-state index contributed by atoms with van der Waals surface area (Å²) in [6, 6.07) is 13.4. The fourth-order valence-electron chi connectivity index (χ4n) is 7.46. The van der Waals surface area contributed by atoms with E-state index in [0.29, 0.717) is 17.2 Å². The number of imidazole rings is 1. The molecule has 1 unspecified atom stereocenters. The van der Waals surface area contributed by atoms with E-state index in [1.807, 2.05) is 17.0 Å². The number of hydrogen-bond acceptors (Lipinski definition) is 4. The van der Waals surface area contributed by atoms with Gasteiger partial charge in [-0.1, -0.05) is 18.9 Å². The summed E-state index contributed by atoms with van der Waals surface area (Å²) in [5.74, 6) is 3.73. The third kappa shape index (κ3) is 3.96. The lowest BCUT2D eigenvalue weighted by Crippen LogP contribution is -2.41. The number of aromatic nitrogens is 3. The second-order valence-electron chi connectivity index (χ2n) is 12.9. The van der Waals surface area contributed by atoms with E-state index >= 15 is 0 Å². The molecule has 7 heteroatoms. The van der Waals surface area contributed by atoms with Crippen molar-refractivity contribution in [3.8, 4) is 17.3 Å². The van der Waals surface area contributed by atoms with Crippen LogP contribution >= 0.6 is 0 Å². The van der Waals surface area contributed by atoms with Crippen LogP contribution in [0.4, 0.5) is 0 Å². The number of ether oxygens (including phenoxy) is 1. The monoisotopic (exact) mass is 537 g/mol. The van der Waals surface area contributed by atoms with Crippen LogP contribution in [0.25, 0.3) is 33.5 Å². The number of likely N-dealkylation sites (tertiary alicyclic amines) is 1. The molecule has 1 amide bonds. The Morgan fingerprint density at radius 1 is 1.05 bits per heavy atom. The van der Waals surface area contributed by atoms with E-state index in [4.69, 9.17) is 15.5 Å². The van der Waals surface area contributed by atoms with Crippen molar-refractivity contribution < 1.29 is 9.53 Å². The lowest BCUT2D eigenvalue weighted by Gasteiger charge is -2.27. The molecule has 0 spiro atoms. The van der Waals surface area contributed by atoms with Crippen LogP contribution in [0.3, 0.4) is 0 Å². The fraction of sp³-hybridized carbons (Fsp3) is 0.515. The largest absolute Gasteiger partial charge is 0.494 e. The number of amides is 1. The van der Waals surface area contributed by atoms with Crippen molar-refractivity contribution in [1.82, 2.24) is 19.0 Å². The third-order valence-corrected chi connectivity index (χ3v) is 10.2. The number of carbonyl (C=O) groups excluding carboxylic acids is 1. The van der Waals surface area contributed by atoms with Crippen molar-refractivity contribution in [1.29, 1.82) is 0 Å². The van der Waals surface area contributed by atoms with Gasteiger partial charge in [0.2, 0.25) is 0 Å². The van der Waals surface area contributed by atoms with E-state index in [-0.39, 0.29) is 18.0 Å². The zero-order valence-corrected chi connectivity index (χ0v) is 23.6. The molecule has 2 aromatic carbocycles. The molecule has 3 aliphatic carbocycles. The molecule has 1 aliphatic heterocycles. The molecule has 3 heterocycles. The number of benzene rings is 2. The fourth-order valence-corrected chi connectivity index (χ4v) is 7.46. The first-order valence-electron chi connectivity index (χ1n) is 15.2. The summed E-state index contributed by atoms with van der Waals surface area (Å²) in [6.45, 7) is 1.77. The van der Waals surface area contributed by atoms with Gasteiger partial charge in [-0.2, -0.15) is 0 Å². The second kappa shape index (κ2) is 9.10. The Labute approximate surface area is 235 Å². The van der Waals surface area contributed by atoms with Gasteiger partial charge in [0.1, 0.15) is 11.3 Å². The number of methoxy groups -OCH3 is 1. The first-order chi connectivity index (χ1) is 19.5. The SMILES string of the molecule is COc1cc(C(=O)N2C[C@H]3CCC2[C@H]3N)cc2nc(-c3cc4cc(CCC5CC5)ccc4n3CC3CC3)n(C)c12. The Bertz CT molecular complexity index is 1640. The van der Waals surface area contributed by atoms with Crippen LogP contribution in [-0.4, -0.2) is 50.7 Å². The highest BCUT2D eigenvalue weighted by Gasteiger charge is 2.47. The Kier molecular flexibility index (Phi) is 5.57. The summed E-state index contributed by atoms with van der Waals surface area (Å²) in [5.41, 5.74) is 12.6. The Balaban J connectivity index is 1.20. The maximum Gasteiger partial charge on any atom is 0.254 e. The van der Waals surface area contributed by atoms with Crippen LogP contribution < -0.4 is 10.5 Å². The van der Waals surface area contributed by atoms with Crippen LogP contribution in [0.5, 0.6) is 5.75 Å². The molecule has 2 N–H and O–H groups in total. The third-order valence-electron chi connectivity index (χ3n) is 10.2. The maximum atomic E-state index is 13.7. The standard InChI is InChI=1S/C33H39N5O2/c1-36-31-25(14-24(16-29(31)40-2)33(39)38-18-22-10-12-27(38)30(22)34)35-32(36)28-15-23-13-20(6-5-19-3-4-19)9-11-26(23)37(28)17-21-7-8-21/h9,11,13-16,19,21-22,27,30H,3-8,10,12,17-18,34H2,1-2H3/t22-,27?,30+/m1/s1. The second-order valence-corrected chi connectivity index (χ2v) is 12.9. The summed E-state index contributed by atoms with van der Waals surface area (Å²) < 4.78 is 10.5. The number of fused-ring (bicyclic) bond motifs is 4. The normalized spacial score (nSPS) is 24.1. The van der Waals surface area contributed by atoms with Gasteiger partial charge in [-0.25, -0.2) is 4.98 Å². The van der Waals surface area contributed by atoms with E-state index in [1.54, 1.807) is 7.11 Å². The highest BCUT2D eigenvalue weighted by molar-refractivity contribution is 6.00. The summed E-state index contributed by atoms with van der Waals surface area (Å²) in [5, 5.41) is 1.29. The van der Waals surface area contributed by atoms with E-state index in [0.717, 1.165) is 66.7 Å². The van der Waals surface area contributed by atoms with Crippen molar-refractivity contribution in [3.05, 3.63) is 47.5 Å². The average molecular weight is 538 g/mol. The van der Waals surface area contributed by atoms with Crippen molar-refractivity contribution in [2.45, 2.75) is 70.0 Å². The lowest BCUT2D eigenvalue weighted by molar-refractivity contribution is 0.0700. The smallest absolute Gasteiger partial charge is 0.254 e. The Morgan fingerprint density at radius 3 is 2.58 bits per heavy atom. The number of hydrogen-bond donors (Lipinski definition) is 1. The van der Waals surface area contributed by atoms with E-state index in [1.165, 1.54) is 48.6 Å². The molecule has 4 aliphatic rings. The average Bonchev–Trinajstić information content (AvgIpc) is 3.87. The van der Waals surface area contributed by atoms with Gasteiger partial charge in [0.05, 0.1) is 18.3 Å². The molecule has 1 saturated heterocycles. The molecule has 4 aromatic rings.